The van der Waals surface area contributed by atoms with E-state index in [2.05, 4.69) is 16.6 Å². The Labute approximate surface area is 108 Å². The van der Waals surface area contributed by atoms with Gasteiger partial charge >= 0.3 is 0 Å². The van der Waals surface area contributed by atoms with E-state index in [1.165, 1.54) is 6.21 Å². The molecule has 0 spiro atoms. The zero-order valence-electron chi connectivity index (χ0n) is 9.29. The van der Waals surface area contributed by atoms with E-state index in [-0.39, 0.29) is 10.6 Å². The van der Waals surface area contributed by atoms with Crippen LogP contribution in [0.15, 0.2) is 33.2 Å². The number of hydrogen-bond acceptors (Lipinski definition) is 7. The molecule has 0 saturated heterocycles. The van der Waals surface area contributed by atoms with Gasteiger partial charge in [-0.25, -0.2) is 4.99 Å². The quantitative estimate of drug-likeness (QED) is 0.734. The van der Waals surface area contributed by atoms with E-state index in [1.807, 2.05) is 0 Å². The molecule has 18 heavy (non-hydrogen) atoms. The molecule has 88 valence electrons. The van der Waals surface area contributed by atoms with Crippen LogP contribution in [-0.2, 0) is 0 Å². The minimum Gasteiger partial charge on any atom is -0.392 e. The third kappa shape index (κ3) is 2.40. The first kappa shape index (κ1) is 13.5. The number of rotatable bonds is 2. The molecule has 0 aromatic heterocycles. The van der Waals surface area contributed by atoms with E-state index in [4.69, 9.17) is 21.5 Å². The maximum atomic E-state index is 9.06. The lowest BCUT2D eigenvalue weighted by Crippen LogP contribution is -2.26. The molecular weight excluding hydrogens is 248 g/mol. The van der Waals surface area contributed by atoms with E-state index in [9.17, 15) is 0 Å². The van der Waals surface area contributed by atoms with E-state index < -0.39 is 5.54 Å². The summed E-state index contributed by atoms with van der Waals surface area (Å²) in [6, 6.07) is 5.18. The third-order valence-corrected chi connectivity index (χ3v) is 2.87. The Kier molecular flexibility index (Phi) is 4.26. The average Bonchev–Trinajstić information content (AvgIpc) is 2.52. The lowest BCUT2D eigenvalue weighted by Gasteiger charge is -2.10. The van der Waals surface area contributed by atoms with Crippen molar-refractivity contribution in [2.75, 3.05) is 6.54 Å². The Morgan fingerprint density at radius 2 is 2.17 bits per heavy atom. The summed E-state index contributed by atoms with van der Waals surface area (Å²) < 4.78 is 0. The molecule has 0 fully saturated rings. The van der Waals surface area contributed by atoms with Crippen LogP contribution < -0.4 is 5.73 Å². The van der Waals surface area contributed by atoms with Crippen molar-refractivity contribution in [3.8, 4) is 18.2 Å². The summed E-state index contributed by atoms with van der Waals surface area (Å²) in [5.41, 5.74) is 3.65. The summed E-state index contributed by atoms with van der Waals surface area (Å²) in [6.45, 7) is 3.88. The molecule has 0 aliphatic carbocycles. The normalized spacial score (nSPS) is 19.5. The fraction of sp³-hybridized carbons (Fsp3) is 0.182. The highest BCUT2D eigenvalue weighted by atomic mass is 32.2. The summed E-state index contributed by atoms with van der Waals surface area (Å²) in [6.07, 6.45) is 2.86. The second-order valence-electron chi connectivity index (χ2n) is 3.11. The molecule has 1 aliphatic heterocycles. The van der Waals surface area contributed by atoms with Crippen molar-refractivity contribution in [3.63, 3.8) is 0 Å². The van der Waals surface area contributed by atoms with Crippen molar-refractivity contribution in [1.82, 2.24) is 0 Å². The van der Waals surface area contributed by atoms with Gasteiger partial charge < -0.3 is 5.73 Å². The van der Waals surface area contributed by atoms with Crippen LogP contribution in [0.2, 0.25) is 0 Å². The second kappa shape index (κ2) is 5.67. The minimum absolute atomic E-state index is 0.0564. The highest BCUT2D eigenvalue weighted by molar-refractivity contribution is 8.18. The van der Waals surface area contributed by atoms with Gasteiger partial charge in [-0.15, -0.1) is 6.58 Å². The summed E-state index contributed by atoms with van der Waals surface area (Å²) in [5, 5.41) is 27.6. The molecule has 6 nitrogen and oxygen atoms in total. The second-order valence-corrected chi connectivity index (χ2v) is 4.18. The molecule has 1 rings (SSSR count). The van der Waals surface area contributed by atoms with Gasteiger partial charge in [0.25, 0.3) is 5.54 Å². The highest BCUT2D eigenvalue weighted by Gasteiger charge is 2.38. The number of thioether (sulfide) groups is 1. The van der Waals surface area contributed by atoms with E-state index >= 15 is 0 Å². The van der Waals surface area contributed by atoms with Crippen LogP contribution in [0, 0.1) is 34.0 Å². The maximum absolute atomic E-state index is 9.06. The molecule has 0 saturated carbocycles. The largest absolute Gasteiger partial charge is 0.392 e. The van der Waals surface area contributed by atoms with E-state index in [0.29, 0.717) is 11.6 Å². The predicted octanol–water partition coefficient (Wildman–Crippen LogP) is 0.868. The maximum Gasteiger partial charge on any atom is 0.269 e. The van der Waals surface area contributed by atoms with Crippen LogP contribution in [0.1, 0.15) is 0 Å². The molecule has 2 N–H and O–H groups in total. The van der Waals surface area contributed by atoms with Crippen LogP contribution in [-0.4, -0.2) is 23.3 Å². The first-order chi connectivity index (χ1) is 8.63. The van der Waals surface area contributed by atoms with Gasteiger partial charge in [-0.3, -0.25) is 4.99 Å². The van der Waals surface area contributed by atoms with Crippen molar-refractivity contribution in [1.29, 1.82) is 15.8 Å². The Hall–Kier alpha value is -2.56. The first-order valence-electron chi connectivity index (χ1n) is 4.74. The Balaban J connectivity index is 3.38. The molecule has 0 aromatic rings. The van der Waals surface area contributed by atoms with Gasteiger partial charge in [-0.1, -0.05) is 17.8 Å². The van der Waals surface area contributed by atoms with E-state index in [0.717, 1.165) is 11.8 Å². The lowest BCUT2D eigenvalue weighted by molar-refractivity contribution is 0.825. The van der Waals surface area contributed by atoms with Gasteiger partial charge in [0.05, 0.1) is 17.8 Å². The molecular formula is C11H8N6S. The van der Waals surface area contributed by atoms with Crippen LogP contribution in [0.25, 0.3) is 0 Å². The molecule has 7 heteroatoms. The van der Waals surface area contributed by atoms with Crippen molar-refractivity contribution in [2.24, 2.45) is 15.7 Å². The number of hydrogen-bond donors (Lipinski definition) is 1. The molecule has 0 radical (unpaired) electrons. The monoisotopic (exact) mass is 256 g/mol. The van der Waals surface area contributed by atoms with Gasteiger partial charge in [0.2, 0.25) is 0 Å². The van der Waals surface area contributed by atoms with Gasteiger partial charge in [0.15, 0.2) is 0 Å². The molecule has 0 aromatic carbocycles. The van der Waals surface area contributed by atoms with Gasteiger partial charge in [0.1, 0.15) is 28.8 Å². The average molecular weight is 256 g/mol. The fourth-order valence-electron chi connectivity index (χ4n) is 1.14. The van der Waals surface area contributed by atoms with Crippen molar-refractivity contribution in [3.05, 3.63) is 23.3 Å². The van der Waals surface area contributed by atoms with Crippen molar-refractivity contribution >= 4 is 23.0 Å². The number of nitrogens with two attached hydrogens (primary N) is 1. The summed E-state index contributed by atoms with van der Waals surface area (Å²) in [4.78, 5) is 7.92. The van der Waals surface area contributed by atoms with Crippen molar-refractivity contribution in [2.45, 2.75) is 5.54 Å². The summed E-state index contributed by atoms with van der Waals surface area (Å²) in [5.74, 6) is 0. The summed E-state index contributed by atoms with van der Waals surface area (Å²) >= 11 is 0.998. The lowest BCUT2D eigenvalue weighted by atomic mass is 9.95. The topological polar surface area (TPSA) is 122 Å². The van der Waals surface area contributed by atoms with Gasteiger partial charge in [0, 0.05) is 0 Å². The fourth-order valence-corrected chi connectivity index (χ4v) is 1.91. The van der Waals surface area contributed by atoms with Crippen LogP contribution in [0.4, 0.5) is 0 Å². The first-order valence-corrected chi connectivity index (χ1v) is 5.56. The van der Waals surface area contributed by atoms with Gasteiger partial charge in [-0.2, -0.15) is 15.8 Å². The Morgan fingerprint density at radius 3 is 2.67 bits per heavy atom. The molecule has 0 unspecified atom stereocenters. The number of nitriles is 3. The SMILES string of the molecule is C=CCN=C1C=NC(C#N)(C#N)C(C#N)=C(N)S1. The highest BCUT2D eigenvalue weighted by Crippen LogP contribution is 2.29. The number of aliphatic imine (C=N–C) groups is 2. The Bertz CT molecular complexity index is 564. The smallest absolute Gasteiger partial charge is 0.269 e. The zero-order valence-corrected chi connectivity index (χ0v) is 10.1. The molecule has 1 heterocycles. The standard InChI is InChI=1S/C11H8N6S/c1-2-3-16-9-5-17-11(6-13,7-14)8(4-12)10(15)18-9/h2,5H,1,3,15H2. The third-order valence-electron chi connectivity index (χ3n) is 2.00. The van der Waals surface area contributed by atoms with Crippen LogP contribution in [0.3, 0.4) is 0 Å². The molecule has 1 aliphatic rings. The molecule has 0 bridgehead atoms. The van der Waals surface area contributed by atoms with Crippen molar-refractivity contribution < 1.29 is 0 Å². The molecule has 0 amide bonds. The Morgan fingerprint density at radius 1 is 1.50 bits per heavy atom. The summed E-state index contributed by atoms with van der Waals surface area (Å²) in [7, 11) is 0. The number of nitrogens with zero attached hydrogens (tertiary/aromatic N) is 5. The van der Waals surface area contributed by atoms with E-state index in [1.54, 1.807) is 24.3 Å². The zero-order chi connectivity index (χ0) is 13.6. The minimum atomic E-state index is -1.89. The van der Waals surface area contributed by atoms with Crippen LogP contribution >= 0.6 is 11.8 Å². The van der Waals surface area contributed by atoms with Crippen LogP contribution in [0.5, 0.6) is 0 Å². The van der Waals surface area contributed by atoms with Gasteiger partial charge in [-0.05, 0) is 0 Å². The predicted molar refractivity (Wildman–Crippen MR) is 69.4 cm³/mol. The molecule has 0 atom stereocenters.